The summed E-state index contributed by atoms with van der Waals surface area (Å²) < 4.78 is 0. The van der Waals surface area contributed by atoms with E-state index in [4.69, 9.17) is 0 Å². The van der Waals surface area contributed by atoms with Crippen LogP contribution in [0.25, 0.3) is 10.8 Å². The maximum absolute atomic E-state index is 12.8. The number of rotatable bonds is 4. The van der Waals surface area contributed by atoms with E-state index in [9.17, 15) is 4.79 Å². The lowest BCUT2D eigenvalue weighted by molar-refractivity contribution is 0.102. The monoisotopic (exact) mass is 363 g/mol. The molecule has 5 rings (SSSR count). The van der Waals surface area contributed by atoms with Gasteiger partial charge >= 0.3 is 0 Å². The summed E-state index contributed by atoms with van der Waals surface area (Å²) >= 11 is 0. The zero-order valence-electron chi connectivity index (χ0n) is 15.5. The Hall–Kier alpha value is -3.39. The molecule has 0 radical (unpaired) electrons. The van der Waals surface area contributed by atoms with Crippen LogP contribution in [0, 0.1) is 0 Å². The van der Waals surface area contributed by atoms with Crippen LogP contribution in [0.2, 0.25) is 0 Å². The third kappa shape index (κ3) is 3.18. The Balaban J connectivity index is 1.31. The second-order valence-electron chi connectivity index (χ2n) is 7.46. The van der Waals surface area contributed by atoms with E-state index in [1.807, 2.05) is 54.6 Å². The number of anilines is 1. The van der Waals surface area contributed by atoms with Gasteiger partial charge in [-0.05, 0) is 58.4 Å². The molecule has 1 fully saturated rings. The molecule has 1 saturated carbocycles. The number of nitrogens with one attached hydrogen (secondary N) is 1. The van der Waals surface area contributed by atoms with Gasteiger partial charge in [-0.15, -0.1) is 0 Å². The molecule has 2 heteroatoms. The number of benzene rings is 4. The molecule has 0 aliphatic heterocycles. The molecule has 0 spiro atoms. The number of carbonyl (C=O) groups is 1. The molecular weight excluding hydrogens is 342 g/mol. The molecule has 28 heavy (non-hydrogen) atoms. The van der Waals surface area contributed by atoms with Crippen LogP contribution in [0.5, 0.6) is 0 Å². The lowest BCUT2D eigenvalue weighted by Crippen LogP contribution is -2.12. The highest BCUT2D eigenvalue weighted by Crippen LogP contribution is 2.54. The normalized spacial score (nSPS) is 18.0. The van der Waals surface area contributed by atoms with E-state index in [0.717, 1.165) is 16.5 Å². The van der Waals surface area contributed by atoms with Gasteiger partial charge in [-0.25, -0.2) is 0 Å². The van der Waals surface area contributed by atoms with Gasteiger partial charge in [0, 0.05) is 11.3 Å². The van der Waals surface area contributed by atoms with E-state index in [2.05, 4.69) is 47.8 Å². The van der Waals surface area contributed by atoms with Crippen molar-refractivity contribution >= 4 is 22.4 Å². The SMILES string of the molecule is O=C(Nc1ccc(C2CC2c2ccccc2)cc1)c1cccc2ccccc12. The van der Waals surface area contributed by atoms with Crippen molar-refractivity contribution in [3.8, 4) is 0 Å². The van der Waals surface area contributed by atoms with Crippen LogP contribution in [-0.2, 0) is 0 Å². The average Bonchev–Trinajstić information content (AvgIpc) is 3.55. The zero-order valence-corrected chi connectivity index (χ0v) is 15.5. The summed E-state index contributed by atoms with van der Waals surface area (Å²) in [5.74, 6) is 1.14. The predicted molar refractivity (Wildman–Crippen MR) is 115 cm³/mol. The topological polar surface area (TPSA) is 29.1 Å². The molecule has 2 atom stereocenters. The van der Waals surface area contributed by atoms with Gasteiger partial charge in [0.15, 0.2) is 0 Å². The zero-order chi connectivity index (χ0) is 18.9. The second-order valence-corrected chi connectivity index (χ2v) is 7.46. The molecule has 0 aromatic heterocycles. The molecular formula is C26H21NO. The fraction of sp³-hybridized carbons (Fsp3) is 0.115. The molecule has 1 aliphatic carbocycles. The molecule has 4 aromatic rings. The van der Waals surface area contributed by atoms with Crippen molar-refractivity contribution in [2.75, 3.05) is 5.32 Å². The maximum Gasteiger partial charge on any atom is 0.256 e. The number of amides is 1. The molecule has 1 N–H and O–H groups in total. The summed E-state index contributed by atoms with van der Waals surface area (Å²) in [5, 5.41) is 5.09. The fourth-order valence-electron chi connectivity index (χ4n) is 4.07. The Labute approximate surface area is 164 Å². The van der Waals surface area contributed by atoms with Gasteiger partial charge in [0.1, 0.15) is 0 Å². The third-order valence-electron chi connectivity index (χ3n) is 5.65. The molecule has 1 aliphatic rings. The van der Waals surface area contributed by atoms with Gasteiger partial charge in [0.25, 0.3) is 5.91 Å². The smallest absolute Gasteiger partial charge is 0.256 e. The lowest BCUT2D eigenvalue weighted by atomic mass is 10.0. The standard InChI is InChI=1S/C26H21NO/c28-26(23-12-6-10-18-9-4-5-11-22(18)23)27-21-15-13-20(14-16-21)25-17-24(25)19-7-2-1-3-8-19/h1-16,24-25H,17H2,(H,27,28). The predicted octanol–water partition coefficient (Wildman–Crippen LogP) is 6.36. The number of hydrogen-bond acceptors (Lipinski definition) is 1. The van der Waals surface area contributed by atoms with Crippen LogP contribution in [0.3, 0.4) is 0 Å². The van der Waals surface area contributed by atoms with Crippen LogP contribution in [0.15, 0.2) is 97.1 Å². The Bertz CT molecular complexity index is 1130. The molecule has 4 aromatic carbocycles. The Morgan fingerprint density at radius 1 is 0.679 bits per heavy atom. The fourth-order valence-corrected chi connectivity index (χ4v) is 4.07. The van der Waals surface area contributed by atoms with Crippen molar-refractivity contribution in [3.05, 3.63) is 114 Å². The first-order valence-corrected chi connectivity index (χ1v) is 9.73. The first kappa shape index (κ1) is 16.8. The van der Waals surface area contributed by atoms with Crippen molar-refractivity contribution in [1.29, 1.82) is 0 Å². The maximum atomic E-state index is 12.8. The molecule has 0 heterocycles. The van der Waals surface area contributed by atoms with Crippen molar-refractivity contribution < 1.29 is 4.79 Å². The average molecular weight is 363 g/mol. The van der Waals surface area contributed by atoms with Gasteiger partial charge in [0.2, 0.25) is 0 Å². The molecule has 2 nitrogen and oxygen atoms in total. The van der Waals surface area contributed by atoms with Gasteiger partial charge in [-0.2, -0.15) is 0 Å². The molecule has 2 unspecified atom stereocenters. The second kappa shape index (κ2) is 6.97. The van der Waals surface area contributed by atoms with E-state index >= 15 is 0 Å². The first-order chi connectivity index (χ1) is 13.8. The highest BCUT2D eigenvalue weighted by Gasteiger charge is 2.39. The number of fused-ring (bicyclic) bond motifs is 1. The summed E-state index contributed by atoms with van der Waals surface area (Å²) in [6.07, 6.45) is 1.20. The minimum Gasteiger partial charge on any atom is -0.322 e. The molecule has 1 amide bonds. The summed E-state index contributed by atoms with van der Waals surface area (Å²) in [6.45, 7) is 0. The molecule has 136 valence electrons. The van der Waals surface area contributed by atoms with E-state index in [0.29, 0.717) is 17.4 Å². The van der Waals surface area contributed by atoms with Crippen LogP contribution < -0.4 is 5.32 Å². The largest absolute Gasteiger partial charge is 0.322 e. The summed E-state index contributed by atoms with van der Waals surface area (Å²) in [4.78, 5) is 12.8. The van der Waals surface area contributed by atoms with Crippen LogP contribution in [0.4, 0.5) is 5.69 Å². The van der Waals surface area contributed by atoms with E-state index in [1.54, 1.807) is 0 Å². The van der Waals surface area contributed by atoms with Crippen molar-refractivity contribution in [1.82, 2.24) is 0 Å². The van der Waals surface area contributed by atoms with Gasteiger partial charge < -0.3 is 5.32 Å². The quantitative estimate of drug-likeness (QED) is 0.449. The lowest BCUT2D eigenvalue weighted by Gasteiger charge is -2.09. The molecule has 0 saturated heterocycles. The summed E-state index contributed by atoms with van der Waals surface area (Å²) in [7, 11) is 0. The minimum absolute atomic E-state index is 0.0712. The van der Waals surface area contributed by atoms with Crippen LogP contribution in [0.1, 0.15) is 39.7 Å². The minimum atomic E-state index is -0.0712. The van der Waals surface area contributed by atoms with Crippen molar-refractivity contribution in [2.24, 2.45) is 0 Å². The van der Waals surface area contributed by atoms with Crippen LogP contribution >= 0.6 is 0 Å². The highest BCUT2D eigenvalue weighted by atomic mass is 16.1. The highest BCUT2D eigenvalue weighted by molar-refractivity contribution is 6.12. The Kier molecular flexibility index (Phi) is 4.17. The van der Waals surface area contributed by atoms with Gasteiger partial charge in [0.05, 0.1) is 0 Å². The first-order valence-electron chi connectivity index (χ1n) is 9.73. The van der Waals surface area contributed by atoms with Crippen molar-refractivity contribution in [2.45, 2.75) is 18.3 Å². The van der Waals surface area contributed by atoms with Crippen LogP contribution in [-0.4, -0.2) is 5.91 Å². The summed E-state index contributed by atoms with van der Waals surface area (Å²) in [5.41, 5.74) is 4.30. The van der Waals surface area contributed by atoms with E-state index in [1.165, 1.54) is 17.5 Å². The Morgan fingerprint density at radius 3 is 2.11 bits per heavy atom. The summed E-state index contributed by atoms with van der Waals surface area (Å²) in [6, 6.07) is 32.8. The van der Waals surface area contributed by atoms with Crippen molar-refractivity contribution in [3.63, 3.8) is 0 Å². The molecule has 0 bridgehead atoms. The van der Waals surface area contributed by atoms with Gasteiger partial charge in [-0.3, -0.25) is 4.79 Å². The van der Waals surface area contributed by atoms with Gasteiger partial charge in [-0.1, -0.05) is 78.9 Å². The Morgan fingerprint density at radius 2 is 1.32 bits per heavy atom. The third-order valence-corrected chi connectivity index (χ3v) is 5.65. The number of hydrogen-bond donors (Lipinski definition) is 1. The van der Waals surface area contributed by atoms with E-state index in [-0.39, 0.29) is 5.91 Å². The van der Waals surface area contributed by atoms with E-state index < -0.39 is 0 Å². The number of carbonyl (C=O) groups excluding carboxylic acids is 1.